The van der Waals surface area contributed by atoms with Crippen molar-refractivity contribution in [2.24, 2.45) is 0 Å². The predicted octanol–water partition coefficient (Wildman–Crippen LogP) is 22.9. The van der Waals surface area contributed by atoms with Gasteiger partial charge >= 0.3 is 33.6 Å². The van der Waals surface area contributed by atoms with E-state index in [0.29, 0.717) is 19.3 Å². The second kappa shape index (κ2) is 75.1. The highest BCUT2D eigenvalue weighted by Gasteiger charge is 2.29. The Morgan fingerprint density at radius 3 is 0.842 bits per heavy atom. The zero-order chi connectivity index (χ0) is 73.7. The van der Waals surface area contributed by atoms with E-state index >= 15 is 0 Å². The molecule has 5 atom stereocenters. The third-order valence-electron chi connectivity index (χ3n) is 16.0. The van der Waals surface area contributed by atoms with E-state index in [4.69, 9.17) is 32.3 Å². The summed E-state index contributed by atoms with van der Waals surface area (Å²) in [7, 11) is -9.80. The van der Waals surface area contributed by atoms with Crippen LogP contribution in [0.4, 0.5) is 0 Å². The fourth-order valence-electron chi connectivity index (χ4n) is 10.1. The first kappa shape index (κ1) is 96.4. The molecule has 0 aliphatic carbocycles. The molecule has 101 heavy (non-hydrogen) atoms. The molecule has 0 bridgehead atoms. The number of phosphoric ester groups is 2. The van der Waals surface area contributed by atoms with E-state index in [0.717, 1.165) is 161 Å². The van der Waals surface area contributed by atoms with Crippen molar-refractivity contribution < 1.29 is 75.8 Å². The molecule has 0 saturated heterocycles. The summed E-state index contributed by atoms with van der Waals surface area (Å²) in [5.74, 6) is -1.62. The van der Waals surface area contributed by atoms with Gasteiger partial charge in [-0.1, -0.05) is 289 Å². The van der Waals surface area contributed by atoms with Gasteiger partial charge in [-0.05, 0) is 141 Å². The Bertz CT molecular complexity index is 2420. The first-order valence-electron chi connectivity index (χ1n) is 39.1. The number of aliphatic hydroxyl groups excluding tert-OH is 2. The van der Waals surface area contributed by atoms with Gasteiger partial charge in [-0.25, -0.2) is 9.13 Å². The van der Waals surface area contributed by atoms with E-state index in [1.807, 2.05) is 0 Å². The lowest BCUT2D eigenvalue weighted by Gasteiger charge is -2.21. The van der Waals surface area contributed by atoms with E-state index in [2.05, 4.69) is 167 Å². The molecule has 16 nitrogen and oxygen atoms in total. The normalized spacial score (nSPS) is 14.8. The summed E-state index contributed by atoms with van der Waals surface area (Å²) in [6.07, 6.45) is 91.9. The molecule has 578 valence electrons. The van der Waals surface area contributed by atoms with Crippen LogP contribution in [0.25, 0.3) is 0 Å². The van der Waals surface area contributed by atoms with Crippen LogP contribution in [0.2, 0.25) is 0 Å². The summed E-state index contributed by atoms with van der Waals surface area (Å²) in [5.41, 5.74) is 0. The van der Waals surface area contributed by atoms with Crippen molar-refractivity contribution in [3.63, 3.8) is 0 Å². The summed E-state index contributed by atoms with van der Waals surface area (Å²) in [6.45, 7) is 2.39. The minimum atomic E-state index is -4.94. The standard InChI is InChI=1S/C83H140O16P2/c1-4-7-10-13-16-19-22-25-27-29-31-33-35-36-37-38-39-40-42-44-45-47-49-52-54-57-60-63-66-69-81(86)93-72-78(84)73-95-100(89,90)96-74-79(85)75-97-101(91,92)98-77-80(99-83(88)71-68-65-62-59-56-51-24-21-18-15-12-9-6-3)76-94-82(87)70-67-64-61-58-55-53-50-48-46-43-41-34-32-30-28-26-23-20-17-14-11-8-5-2/h7-8,10-11,16-17,19-21,24-28,31-34,36-37,43,46,50,53,78-80,84-85H,4-6,9,12-15,18,22-23,29-30,35,38-42,44-45,47-49,51-52,54-77H2,1-3H3,(H,89,90)(H,91,92)/b10-7-,11-8-,19-16-,20-17-,24-21-,27-25-,28-26-,33-31-,34-32-,37-36-,46-43-,53-50-. The number of carbonyl (C=O) groups excluding carboxylic acids is 3. The maximum absolute atomic E-state index is 12.9. The van der Waals surface area contributed by atoms with E-state index in [-0.39, 0.29) is 19.3 Å². The smallest absolute Gasteiger partial charge is 0.463 e. The fourth-order valence-corrected chi connectivity index (χ4v) is 11.7. The first-order chi connectivity index (χ1) is 49.2. The maximum Gasteiger partial charge on any atom is 0.472 e. The SMILES string of the molecule is CC/C=C\C/C=C\C/C=C\C/C=C\C/C=C\C/C=C\CCCCCCC(=O)OCC(COP(=O)(O)OCC(O)COP(=O)(O)OCC(O)COC(=O)CCCCCCCCCCCCCCC/C=C\C/C=C\C/C=C\C/C=C\C/C=C\CC)OC(=O)CCCCCCC/C=C\CCCCCC. The van der Waals surface area contributed by atoms with Gasteiger partial charge in [0.2, 0.25) is 0 Å². The minimum absolute atomic E-state index is 0.0851. The van der Waals surface area contributed by atoms with Gasteiger partial charge in [0.25, 0.3) is 0 Å². The average molecular weight is 1460 g/mol. The topological polar surface area (TPSA) is 231 Å². The fraction of sp³-hybridized carbons (Fsp3) is 0.675. The lowest BCUT2D eigenvalue weighted by atomic mass is 10.0. The van der Waals surface area contributed by atoms with Gasteiger partial charge < -0.3 is 34.2 Å². The van der Waals surface area contributed by atoms with Crippen LogP contribution in [-0.4, -0.2) is 95.9 Å². The molecular weight excluding hydrogens is 1310 g/mol. The number of unbranched alkanes of at least 4 members (excludes halogenated alkanes) is 26. The molecule has 5 unspecified atom stereocenters. The number of phosphoric acid groups is 2. The van der Waals surface area contributed by atoms with Crippen LogP contribution < -0.4 is 0 Å². The molecule has 0 saturated carbocycles. The van der Waals surface area contributed by atoms with Crippen LogP contribution in [0.15, 0.2) is 146 Å². The Hall–Kier alpha value is -4.57. The number of rotatable bonds is 73. The van der Waals surface area contributed by atoms with Gasteiger partial charge in [0.15, 0.2) is 6.10 Å². The van der Waals surface area contributed by atoms with Crippen LogP contribution in [0.3, 0.4) is 0 Å². The second-order valence-corrected chi connectivity index (χ2v) is 28.7. The van der Waals surface area contributed by atoms with E-state index < -0.39 is 91.5 Å². The highest BCUT2D eigenvalue weighted by Crippen LogP contribution is 2.45. The average Bonchev–Trinajstić information content (AvgIpc) is 0.939. The molecule has 0 rings (SSSR count). The third-order valence-corrected chi connectivity index (χ3v) is 17.9. The quantitative estimate of drug-likeness (QED) is 0.0146. The zero-order valence-corrected chi connectivity index (χ0v) is 64.8. The minimum Gasteiger partial charge on any atom is -0.463 e. The van der Waals surface area contributed by atoms with E-state index in [1.54, 1.807) is 0 Å². The van der Waals surface area contributed by atoms with Gasteiger partial charge in [0, 0.05) is 19.3 Å². The van der Waals surface area contributed by atoms with Crippen molar-refractivity contribution in [1.82, 2.24) is 0 Å². The summed E-state index contributed by atoms with van der Waals surface area (Å²) in [5, 5.41) is 20.6. The predicted molar refractivity (Wildman–Crippen MR) is 417 cm³/mol. The Morgan fingerprint density at radius 1 is 0.287 bits per heavy atom. The highest BCUT2D eigenvalue weighted by atomic mass is 31.2. The van der Waals surface area contributed by atoms with Crippen LogP contribution in [0.1, 0.15) is 303 Å². The van der Waals surface area contributed by atoms with Crippen molar-refractivity contribution in [3.8, 4) is 0 Å². The lowest BCUT2D eigenvalue weighted by molar-refractivity contribution is -0.161. The number of carbonyl (C=O) groups is 3. The molecule has 0 heterocycles. The molecule has 0 aromatic rings. The third kappa shape index (κ3) is 76.4. The van der Waals surface area contributed by atoms with Crippen molar-refractivity contribution in [2.45, 2.75) is 322 Å². The summed E-state index contributed by atoms with van der Waals surface area (Å²) < 4.78 is 61.1. The van der Waals surface area contributed by atoms with E-state index in [1.165, 1.54) is 83.5 Å². The van der Waals surface area contributed by atoms with Crippen LogP contribution in [0, 0.1) is 0 Å². The molecule has 18 heteroatoms. The Kier molecular flexibility index (Phi) is 71.7. The molecule has 4 N–H and O–H groups in total. The van der Waals surface area contributed by atoms with Gasteiger partial charge in [0.1, 0.15) is 25.4 Å². The molecule has 0 aromatic carbocycles. The van der Waals surface area contributed by atoms with Crippen LogP contribution >= 0.6 is 15.6 Å². The highest BCUT2D eigenvalue weighted by molar-refractivity contribution is 7.47. The maximum atomic E-state index is 12.9. The Morgan fingerprint density at radius 2 is 0.525 bits per heavy atom. The molecule has 0 amide bonds. The van der Waals surface area contributed by atoms with Gasteiger partial charge in [0.05, 0.1) is 26.4 Å². The molecule has 0 aliphatic rings. The number of hydrogen-bond donors (Lipinski definition) is 4. The van der Waals surface area contributed by atoms with Crippen molar-refractivity contribution in [1.29, 1.82) is 0 Å². The summed E-state index contributed by atoms with van der Waals surface area (Å²) in [6, 6.07) is 0. The first-order valence-corrected chi connectivity index (χ1v) is 42.1. The molecular formula is C83H140O16P2. The monoisotopic (exact) mass is 1450 g/mol. The number of ether oxygens (including phenoxy) is 3. The van der Waals surface area contributed by atoms with Gasteiger partial charge in [-0.2, -0.15) is 0 Å². The van der Waals surface area contributed by atoms with Gasteiger partial charge in [-0.3, -0.25) is 32.5 Å². The number of allylic oxidation sites excluding steroid dienone is 24. The second-order valence-electron chi connectivity index (χ2n) is 25.7. The number of aliphatic hydroxyl groups is 2. The molecule has 0 aliphatic heterocycles. The Balaban J connectivity index is 4.53. The number of hydrogen-bond acceptors (Lipinski definition) is 14. The van der Waals surface area contributed by atoms with Crippen molar-refractivity contribution in [3.05, 3.63) is 146 Å². The van der Waals surface area contributed by atoms with Crippen molar-refractivity contribution in [2.75, 3.05) is 39.6 Å². The van der Waals surface area contributed by atoms with Crippen LogP contribution in [-0.2, 0) is 55.8 Å². The summed E-state index contributed by atoms with van der Waals surface area (Å²) >= 11 is 0. The van der Waals surface area contributed by atoms with E-state index in [9.17, 15) is 43.5 Å². The van der Waals surface area contributed by atoms with Crippen molar-refractivity contribution >= 4 is 33.6 Å². The summed E-state index contributed by atoms with van der Waals surface area (Å²) in [4.78, 5) is 58.6. The molecule has 0 radical (unpaired) electrons. The Labute approximate surface area is 613 Å². The zero-order valence-electron chi connectivity index (χ0n) is 63.0. The lowest BCUT2D eigenvalue weighted by Crippen LogP contribution is -2.30. The molecule has 0 aromatic heterocycles. The van der Waals surface area contributed by atoms with Crippen LogP contribution in [0.5, 0.6) is 0 Å². The molecule has 0 fully saturated rings. The van der Waals surface area contributed by atoms with Gasteiger partial charge in [-0.15, -0.1) is 0 Å². The molecule has 0 spiro atoms. The number of esters is 3. The largest absolute Gasteiger partial charge is 0.472 e.